The van der Waals surface area contributed by atoms with E-state index < -0.39 is 10.9 Å². The van der Waals surface area contributed by atoms with Crippen LogP contribution >= 0.6 is 0 Å². The SMILES string of the molecule is CCOC(=O)/C(C#N)=C/c1cccc([N+](=O)[O-])c1. The maximum absolute atomic E-state index is 11.4. The molecule has 6 nitrogen and oxygen atoms in total. The van der Waals surface area contributed by atoms with Crippen molar-refractivity contribution >= 4 is 17.7 Å². The molecule has 0 radical (unpaired) electrons. The highest BCUT2D eigenvalue weighted by Crippen LogP contribution is 2.16. The van der Waals surface area contributed by atoms with E-state index in [4.69, 9.17) is 5.26 Å². The van der Waals surface area contributed by atoms with Crippen molar-refractivity contribution in [2.75, 3.05) is 6.61 Å². The van der Waals surface area contributed by atoms with Crippen LogP contribution in [-0.4, -0.2) is 17.5 Å². The second-order valence-electron chi connectivity index (χ2n) is 3.24. The fraction of sp³-hybridized carbons (Fsp3) is 0.167. The van der Waals surface area contributed by atoms with Gasteiger partial charge in [-0.3, -0.25) is 10.1 Å². The van der Waals surface area contributed by atoms with Crippen molar-refractivity contribution in [3.63, 3.8) is 0 Å². The number of hydrogen-bond acceptors (Lipinski definition) is 5. The summed E-state index contributed by atoms with van der Waals surface area (Å²) in [6, 6.07) is 7.34. The molecule has 0 N–H and O–H groups in total. The number of nitrogens with zero attached hydrogens (tertiary/aromatic N) is 2. The molecule has 0 spiro atoms. The summed E-state index contributed by atoms with van der Waals surface area (Å²) in [5, 5.41) is 19.4. The van der Waals surface area contributed by atoms with Crippen molar-refractivity contribution < 1.29 is 14.5 Å². The van der Waals surface area contributed by atoms with Crippen molar-refractivity contribution in [1.82, 2.24) is 0 Å². The lowest BCUT2D eigenvalue weighted by Crippen LogP contribution is -2.06. The summed E-state index contributed by atoms with van der Waals surface area (Å²) in [7, 11) is 0. The molecule has 0 aliphatic heterocycles. The van der Waals surface area contributed by atoms with Gasteiger partial charge in [0, 0.05) is 12.1 Å². The van der Waals surface area contributed by atoms with Gasteiger partial charge < -0.3 is 4.74 Å². The van der Waals surface area contributed by atoms with Crippen LogP contribution in [0.4, 0.5) is 5.69 Å². The molecule has 0 amide bonds. The van der Waals surface area contributed by atoms with Gasteiger partial charge in [0.2, 0.25) is 0 Å². The highest BCUT2D eigenvalue weighted by Gasteiger charge is 2.11. The van der Waals surface area contributed by atoms with Crippen molar-refractivity contribution in [2.45, 2.75) is 6.92 Å². The quantitative estimate of drug-likeness (QED) is 0.266. The summed E-state index contributed by atoms with van der Waals surface area (Å²) in [5.41, 5.74) is 0.0936. The number of carbonyl (C=O) groups excluding carboxylic acids is 1. The van der Waals surface area contributed by atoms with Crippen molar-refractivity contribution in [3.05, 3.63) is 45.5 Å². The summed E-state index contributed by atoms with van der Waals surface area (Å²) in [6.07, 6.45) is 1.25. The monoisotopic (exact) mass is 246 g/mol. The van der Waals surface area contributed by atoms with E-state index in [1.807, 2.05) is 0 Å². The molecule has 18 heavy (non-hydrogen) atoms. The molecule has 0 aliphatic carbocycles. The van der Waals surface area contributed by atoms with E-state index >= 15 is 0 Å². The Labute approximate surface area is 103 Å². The molecule has 92 valence electrons. The van der Waals surface area contributed by atoms with Crippen LogP contribution in [0.25, 0.3) is 6.08 Å². The molecule has 1 aromatic rings. The molecule has 0 saturated carbocycles. The Morgan fingerprint density at radius 3 is 2.89 bits per heavy atom. The molecule has 0 bridgehead atoms. The van der Waals surface area contributed by atoms with Crippen LogP contribution in [0.3, 0.4) is 0 Å². The van der Waals surface area contributed by atoms with Crippen LogP contribution in [0.1, 0.15) is 12.5 Å². The summed E-state index contributed by atoms with van der Waals surface area (Å²) in [4.78, 5) is 21.4. The Morgan fingerprint density at radius 1 is 1.61 bits per heavy atom. The van der Waals surface area contributed by atoms with Gasteiger partial charge >= 0.3 is 5.97 Å². The number of nitro benzene ring substituents is 1. The van der Waals surface area contributed by atoms with Gasteiger partial charge in [-0.25, -0.2) is 4.79 Å². The van der Waals surface area contributed by atoms with E-state index in [2.05, 4.69) is 4.74 Å². The summed E-state index contributed by atoms with van der Waals surface area (Å²) in [5.74, 6) is -0.744. The van der Waals surface area contributed by atoms with Gasteiger partial charge in [0.15, 0.2) is 0 Å². The van der Waals surface area contributed by atoms with Crippen LogP contribution in [-0.2, 0) is 9.53 Å². The fourth-order valence-corrected chi connectivity index (χ4v) is 1.24. The van der Waals surface area contributed by atoms with Gasteiger partial charge in [-0.1, -0.05) is 12.1 Å². The van der Waals surface area contributed by atoms with Crippen LogP contribution < -0.4 is 0 Å². The Balaban J connectivity index is 3.07. The maximum atomic E-state index is 11.4. The number of ether oxygens (including phenoxy) is 1. The number of rotatable bonds is 4. The van der Waals surface area contributed by atoms with E-state index in [1.54, 1.807) is 19.1 Å². The van der Waals surface area contributed by atoms with Crippen LogP contribution in [0.15, 0.2) is 29.8 Å². The predicted molar refractivity (Wildman–Crippen MR) is 63.3 cm³/mol. The first-order valence-electron chi connectivity index (χ1n) is 5.12. The molecule has 0 fully saturated rings. The standard InChI is InChI=1S/C12H10N2O4/c1-2-18-12(15)10(8-13)6-9-4-3-5-11(7-9)14(16)17/h3-7H,2H2,1H3/b10-6+. The van der Waals surface area contributed by atoms with Crippen molar-refractivity contribution in [1.29, 1.82) is 5.26 Å². The number of esters is 1. The topological polar surface area (TPSA) is 93.2 Å². The lowest BCUT2D eigenvalue weighted by molar-refractivity contribution is -0.384. The largest absolute Gasteiger partial charge is 0.462 e. The number of nitro groups is 1. The average molecular weight is 246 g/mol. The Hall–Kier alpha value is -2.68. The zero-order valence-corrected chi connectivity index (χ0v) is 9.62. The van der Waals surface area contributed by atoms with E-state index in [0.717, 1.165) is 0 Å². The van der Waals surface area contributed by atoms with Gasteiger partial charge in [-0.2, -0.15) is 5.26 Å². The molecular weight excluding hydrogens is 236 g/mol. The van der Waals surface area contributed by atoms with E-state index in [9.17, 15) is 14.9 Å². The fourth-order valence-electron chi connectivity index (χ4n) is 1.24. The third kappa shape index (κ3) is 3.42. The van der Waals surface area contributed by atoms with Crippen LogP contribution in [0.5, 0.6) is 0 Å². The first-order valence-corrected chi connectivity index (χ1v) is 5.12. The van der Waals surface area contributed by atoms with E-state index in [1.165, 1.54) is 24.3 Å². The molecule has 0 saturated heterocycles. The lowest BCUT2D eigenvalue weighted by Gasteiger charge is -1.99. The Morgan fingerprint density at radius 2 is 2.33 bits per heavy atom. The second kappa shape index (κ2) is 6.15. The van der Waals surface area contributed by atoms with Gasteiger partial charge in [0.05, 0.1) is 11.5 Å². The summed E-state index contributed by atoms with van der Waals surface area (Å²) in [6.45, 7) is 1.78. The number of hydrogen-bond donors (Lipinski definition) is 0. The normalized spacial score (nSPS) is 10.6. The third-order valence-electron chi connectivity index (χ3n) is 2.01. The minimum absolute atomic E-state index is 0.107. The summed E-state index contributed by atoms with van der Waals surface area (Å²) >= 11 is 0. The molecule has 6 heteroatoms. The second-order valence-corrected chi connectivity index (χ2v) is 3.24. The third-order valence-corrected chi connectivity index (χ3v) is 2.01. The van der Waals surface area contributed by atoms with Gasteiger partial charge in [-0.15, -0.1) is 0 Å². The molecule has 0 unspecified atom stereocenters. The molecular formula is C12H10N2O4. The predicted octanol–water partition coefficient (Wildman–Crippen LogP) is 2.06. The van der Waals surface area contributed by atoms with Gasteiger partial charge in [-0.05, 0) is 18.6 Å². The number of non-ortho nitro benzene ring substituents is 1. The smallest absolute Gasteiger partial charge is 0.348 e. The Bertz CT molecular complexity index is 543. The van der Waals surface area contributed by atoms with Crippen LogP contribution in [0, 0.1) is 21.4 Å². The summed E-state index contributed by atoms with van der Waals surface area (Å²) < 4.78 is 4.68. The molecule has 1 rings (SSSR count). The maximum Gasteiger partial charge on any atom is 0.348 e. The molecule has 0 heterocycles. The van der Waals surface area contributed by atoms with Crippen molar-refractivity contribution in [3.8, 4) is 6.07 Å². The number of nitriles is 1. The van der Waals surface area contributed by atoms with Gasteiger partial charge in [0.1, 0.15) is 11.6 Å². The highest BCUT2D eigenvalue weighted by molar-refractivity contribution is 5.97. The molecule has 0 aromatic heterocycles. The zero-order valence-electron chi connectivity index (χ0n) is 9.62. The van der Waals surface area contributed by atoms with E-state index in [0.29, 0.717) is 5.56 Å². The molecule has 0 aliphatic rings. The first kappa shape index (κ1) is 13.4. The Kier molecular flexibility index (Phi) is 4.58. The first-order chi connectivity index (χ1) is 8.58. The minimum atomic E-state index is -0.744. The number of carbonyl (C=O) groups is 1. The average Bonchev–Trinajstić information content (AvgIpc) is 2.36. The molecule has 1 aromatic carbocycles. The van der Waals surface area contributed by atoms with Crippen LogP contribution in [0.2, 0.25) is 0 Å². The number of benzene rings is 1. The highest BCUT2D eigenvalue weighted by atomic mass is 16.6. The van der Waals surface area contributed by atoms with Crippen molar-refractivity contribution in [2.24, 2.45) is 0 Å². The van der Waals surface area contributed by atoms with Gasteiger partial charge in [0.25, 0.3) is 5.69 Å². The minimum Gasteiger partial charge on any atom is -0.462 e. The molecule has 0 atom stereocenters. The van der Waals surface area contributed by atoms with E-state index in [-0.39, 0.29) is 17.9 Å². The zero-order chi connectivity index (χ0) is 13.5. The lowest BCUT2D eigenvalue weighted by atomic mass is 10.1.